The van der Waals surface area contributed by atoms with Gasteiger partial charge in [-0.2, -0.15) is 0 Å². The number of amides is 2. The standard InChI is InChI=1S/C20H22N2O4/c1-25-12-15-4-2-3-14(9-15)11-21-20(24)13-26-17-6-7-18-16(10-17)5-8-19(23)22-18/h2-4,6-7,9-10H,5,8,11-13H2,1H3,(H,21,24)(H,22,23). The molecule has 26 heavy (non-hydrogen) atoms. The number of methoxy groups -OCH3 is 1. The van der Waals surface area contributed by atoms with E-state index in [1.165, 1.54) is 0 Å². The Morgan fingerprint density at radius 1 is 1.15 bits per heavy atom. The molecule has 0 saturated heterocycles. The first-order valence-corrected chi connectivity index (χ1v) is 8.53. The van der Waals surface area contributed by atoms with Crippen molar-refractivity contribution >= 4 is 17.5 Å². The van der Waals surface area contributed by atoms with Crippen molar-refractivity contribution in [1.82, 2.24) is 5.32 Å². The third-order valence-electron chi connectivity index (χ3n) is 4.13. The van der Waals surface area contributed by atoms with Crippen LogP contribution in [-0.2, 0) is 33.9 Å². The summed E-state index contributed by atoms with van der Waals surface area (Å²) < 4.78 is 10.7. The number of aryl methyl sites for hydroxylation is 1. The van der Waals surface area contributed by atoms with Crippen molar-refractivity contribution in [3.05, 3.63) is 59.2 Å². The molecule has 3 rings (SSSR count). The van der Waals surface area contributed by atoms with Gasteiger partial charge >= 0.3 is 0 Å². The van der Waals surface area contributed by atoms with Gasteiger partial charge in [0, 0.05) is 25.8 Å². The zero-order valence-electron chi connectivity index (χ0n) is 14.7. The van der Waals surface area contributed by atoms with Crippen LogP contribution in [0.5, 0.6) is 5.75 Å². The zero-order valence-corrected chi connectivity index (χ0v) is 14.7. The first-order valence-electron chi connectivity index (χ1n) is 8.53. The number of hydrogen-bond acceptors (Lipinski definition) is 4. The number of benzene rings is 2. The molecule has 2 amide bonds. The summed E-state index contributed by atoms with van der Waals surface area (Å²) in [6.07, 6.45) is 1.15. The summed E-state index contributed by atoms with van der Waals surface area (Å²) >= 11 is 0. The van der Waals surface area contributed by atoms with E-state index in [0.717, 1.165) is 22.4 Å². The predicted molar refractivity (Wildman–Crippen MR) is 97.9 cm³/mol. The first kappa shape index (κ1) is 17.9. The number of rotatable bonds is 7. The average molecular weight is 354 g/mol. The van der Waals surface area contributed by atoms with E-state index in [0.29, 0.717) is 31.7 Å². The van der Waals surface area contributed by atoms with E-state index < -0.39 is 0 Å². The molecule has 1 aliphatic rings. The van der Waals surface area contributed by atoms with E-state index in [-0.39, 0.29) is 18.4 Å². The number of carbonyl (C=O) groups excluding carboxylic acids is 2. The number of fused-ring (bicyclic) bond motifs is 1. The summed E-state index contributed by atoms with van der Waals surface area (Å²) in [4.78, 5) is 23.4. The Hall–Kier alpha value is -2.86. The molecule has 1 aliphatic heterocycles. The molecule has 136 valence electrons. The van der Waals surface area contributed by atoms with Gasteiger partial charge in [-0.1, -0.05) is 24.3 Å². The lowest BCUT2D eigenvalue weighted by atomic mass is 10.0. The minimum absolute atomic E-state index is 0.0279. The smallest absolute Gasteiger partial charge is 0.258 e. The third kappa shape index (κ3) is 4.83. The quantitative estimate of drug-likeness (QED) is 0.801. The Morgan fingerprint density at radius 2 is 2.00 bits per heavy atom. The van der Waals surface area contributed by atoms with Crippen LogP contribution in [0.3, 0.4) is 0 Å². The second-order valence-corrected chi connectivity index (χ2v) is 6.19. The Kier molecular flexibility index (Phi) is 5.86. The molecule has 0 spiro atoms. The van der Waals surface area contributed by atoms with Crippen LogP contribution >= 0.6 is 0 Å². The largest absolute Gasteiger partial charge is 0.484 e. The summed E-state index contributed by atoms with van der Waals surface area (Å²) in [5, 5.41) is 5.67. The summed E-state index contributed by atoms with van der Waals surface area (Å²) in [5.41, 5.74) is 3.92. The van der Waals surface area contributed by atoms with Crippen molar-refractivity contribution < 1.29 is 19.1 Å². The Balaban J connectivity index is 1.48. The lowest BCUT2D eigenvalue weighted by Gasteiger charge is -2.17. The second-order valence-electron chi connectivity index (χ2n) is 6.19. The molecule has 0 aliphatic carbocycles. The molecule has 0 aromatic heterocycles. The number of carbonyl (C=O) groups is 2. The molecule has 0 atom stereocenters. The van der Waals surface area contributed by atoms with E-state index in [4.69, 9.17) is 9.47 Å². The van der Waals surface area contributed by atoms with Crippen molar-refractivity contribution in [2.24, 2.45) is 0 Å². The van der Waals surface area contributed by atoms with Gasteiger partial charge in [-0.05, 0) is 41.3 Å². The normalized spacial score (nSPS) is 12.9. The maximum Gasteiger partial charge on any atom is 0.258 e. The van der Waals surface area contributed by atoms with Crippen molar-refractivity contribution in [3.63, 3.8) is 0 Å². The van der Waals surface area contributed by atoms with Crippen LogP contribution in [0, 0.1) is 0 Å². The fraction of sp³-hybridized carbons (Fsp3) is 0.300. The highest BCUT2D eigenvalue weighted by Crippen LogP contribution is 2.26. The summed E-state index contributed by atoms with van der Waals surface area (Å²) in [6.45, 7) is 0.933. The van der Waals surface area contributed by atoms with Gasteiger partial charge < -0.3 is 20.1 Å². The number of anilines is 1. The van der Waals surface area contributed by atoms with Crippen molar-refractivity contribution in [3.8, 4) is 5.75 Å². The minimum atomic E-state index is -0.187. The lowest BCUT2D eigenvalue weighted by molar-refractivity contribution is -0.123. The average Bonchev–Trinajstić information content (AvgIpc) is 2.65. The van der Waals surface area contributed by atoms with Gasteiger partial charge in [-0.25, -0.2) is 0 Å². The van der Waals surface area contributed by atoms with Crippen LogP contribution in [0.4, 0.5) is 5.69 Å². The third-order valence-corrected chi connectivity index (χ3v) is 4.13. The maximum atomic E-state index is 12.0. The highest BCUT2D eigenvalue weighted by Gasteiger charge is 2.15. The second kappa shape index (κ2) is 8.49. The Morgan fingerprint density at radius 3 is 2.85 bits per heavy atom. The van der Waals surface area contributed by atoms with Crippen LogP contribution in [0.2, 0.25) is 0 Å². The van der Waals surface area contributed by atoms with Gasteiger partial charge in [0.15, 0.2) is 6.61 Å². The monoisotopic (exact) mass is 354 g/mol. The first-order chi connectivity index (χ1) is 12.6. The molecular formula is C20H22N2O4. The van der Waals surface area contributed by atoms with E-state index in [1.54, 1.807) is 19.2 Å². The van der Waals surface area contributed by atoms with Crippen molar-refractivity contribution in [2.45, 2.75) is 26.0 Å². The van der Waals surface area contributed by atoms with Crippen LogP contribution in [0.1, 0.15) is 23.1 Å². The predicted octanol–water partition coefficient (Wildman–Crippen LogP) is 2.41. The minimum Gasteiger partial charge on any atom is -0.484 e. The van der Waals surface area contributed by atoms with Crippen LogP contribution in [0.25, 0.3) is 0 Å². The summed E-state index contributed by atoms with van der Waals surface area (Å²) in [5.74, 6) is 0.463. The topological polar surface area (TPSA) is 76.7 Å². The molecular weight excluding hydrogens is 332 g/mol. The molecule has 0 radical (unpaired) electrons. The molecule has 6 nitrogen and oxygen atoms in total. The Bertz CT molecular complexity index is 804. The number of hydrogen-bond donors (Lipinski definition) is 2. The highest BCUT2D eigenvalue weighted by molar-refractivity contribution is 5.94. The van der Waals surface area contributed by atoms with Crippen LogP contribution in [0.15, 0.2) is 42.5 Å². The van der Waals surface area contributed by atoms with Crippen LogP contribution < -0.4 is 15.4 Å². The van der Waals surface area contributed by atoms with Gasteiger partial charge in [-0.3, -0.25) is 9.59 Å². The summed E-state index contributed by atoms with van der Waals surface area (Å²) in [6, 6.07) is 13.3. The number of ether oxygens (including phenoxy) is 2. The van der Waals surface area contributed by atoms with E-state index in [1.807, 2.05) is 30.3 Å². The van der Waals surface area contributed by atoms with Gasteiger partial charge in [0.25, 0.3) is 5.91 Å². The lowest BCUT2D eigenvalue weighted by Crippen LogP contribution is -2.28. The van der Waals surface area contributed by atoms with E-state index >= 15 is 0 Å². The maximum absolute atomic E-state index is 12.0. The molecule has 2 aromatic rings. The van der Waals surface area contributed by atoms with Gasteiger partial charge in [0.2, 0.25) is 5.91 Å². The van der Waals surface area contributed by atoms with Crippen LogP contribution in [-0.4, -0.2) is 25.5 Å². The fourth-order valence-electron chi connectivity index (χ4n) is 2.85. The SMILES string of the molecule is COCc1cccc(CNC(=O)COc2ccc3c(c2)CCC(=O)N3)c1. The molecule has 0 saturated carbocycles. The van der Waals surface area contributed by atoms with Gasteiger partial charge in [-0.15, -0.1) is 0 Å². The molecule has 1 heterocycles. The molecule has 0 bridgehead atoms. The summed E-state index contributed by atoms with van der Waals surface area (Å²) in [7, 11) is 1.65. The van der Waals surface area contributed by atoms with E-state index in [9.17, 15) is 9.59 Å². The van der Waals surface area contributed by atoms with Crippen molar-refractivity contribution in [1.29, 1.82) is 0 Å². The molecule has 0 fully saturated rings. The van der Waals surface area contributed by atoms with Gasteiger partial charge in [0.1, 0.15) is 5.75 Å². The molecule has 0 unspecified atom stereocenters. The van der Waals surface area contributed by atoms with Crippen molar-refractivity contribution in [2.75, 3.05) is 19.0 Å². The highest BCUT2D eigenvalue weighted by atomic mass is 16.5. The Labute approximate surface area is 152 Å². The fourth-order valence-corrected chi connectivity index (χ4v) is 2.85. The van der Waals surface area contributed by atoms with E-state index in [2.05, 4.69) is 10.6 Å². The zero-order chi connectivity index (χ0) is 18.4. The molecule has 6 heteroatoms. The van der Waals surface area contributed by atoms with Gasteiger partial charge in [0.05, 0.1) is 6.61 Å². The number of nitrogens with one attached hydrogen (secondary N) is 2. The molecule has 2 N–H and O–H groups in total. The molecule has 2 aromatic carbocycles.